The summed E-state index contributed by atoms with van der Waals surface area (Å²) >= 11 is 0. The van der Waals surface area contributed by atoms with Crippen molar-refractivity contribution >= 4 is 34.3 Å². The van der Waals surface area contributed by atoms with Crippen LogP contribution in [0, 0.1) is 19.3 Å². The third-order valence-electron chi connectivity index (χ3n) is 7.61. The van der Waals surface area contributed by atoms with Crippen molar-refractivity contribution in [2.45, 2.75) is 58.8 Å². The van der Waals surface area contributed by atoms with Crippen molar-refractivity contribution in [1.82, 2.24) is 39.6 Å². The number of carbonyl (C=O) groups excluding carboxylic acids is 3. The fourth-order valence-corrected chi connectivity index (χ4v) is 5.64. The summed E-state index contributed by atoms with van der Waals surface area (Å²) in [6, 6.07) is 4.71. The maximum Gasteiger partial charge on any atom is 0.248 e. The normalized spacial score (nSPS) is 21.9. The highest BCUT2D eigenvalue weighted by molar-refractivity contribution is 6.05. The van der Waals surface area contributed by atoms with Crippen molar-refractivity contribution in [2.24, 2.45) is 5.41 Å². The molecule has 4 aromatic heterocycles. The lowest BCUT2D eigenvalue weighted by atomic mass is 9.99. The Balaban J connectivity index is 1.31. The molecular formula is C26H27N9O3. The molecule has 12 heteroatoms. The van der Waals surface area contributed by atoms with Crippen LogP contribution in [0.4, 0.5) is 5.82 Å². The van der Waals surface area contributed by atoms with Crippen molar-refractivity contribution in [3.63, 3.8) is 0 Å². The fourth-order valence-electron chi connectivity index (χ4n) is 5.64. The number of hydrogen-bond acceptors (Lipinski definition) is 8. The number of ketones is 1. The van der Waals surface area contributed by atoms with Crippen molar-refractivity contribution in [3.8, 4) is 0 Å². The van der Waals surface area contributed by atoms with E-state index in [1.54, 1.807) is 40.4 Å². The summed E-state index contributed by atoms with van der Waals surface area (Å²) < 4.78 is 3.25. The third-order valence-corrected chi connectivity index (χ3v) is 7.61. The van der Waals surface area contributed by atoms with E-state index in [1.165, 1.54) is 11.6 Å². The van der Waals surface area contributed by atoms with Gasteiger partial charge in [-0.15, -0.1) is 5.10 Å². The van der Waals surface area contributed by atoms with Gasteiger partial charge in [-0.25, -0.2) is 4.98 Å². The number of pyridine rings is 2. The molecule has 0 radical (unpaired) electrons. The molecule has 0 unspecified atom stereocenters. The number of carbonyl (C=O) groups is 3. The Bertz CT molecular complexity index is 1580. The largest absolute Gasteiger partial charge is 0.325 e. The lowest BCUT2D eigenvalue weighted by Crippen LogP contribution is -2.47. The molecule has 3 atom stereocenters. The van der Waals surface area contributed by atoms with E-state index in [0.29, 0.717) is 35.4 Å². The predicted molar refractivity (Wildman–Crippen MR) is 136 cm³/mol. The molecule has 2 amide bonds. The molecule has 0 spiro atoms. The van der Waals surface area contributed by atoms with Gasteiger partial charge < -0.3 is 10.2 Å². The summed E-state index contributed by atoms with van der Waals surface area (Å²) in [5.41, 5.74) is 2.25. The molecule has 6 rings (SSSR count). The van der Waals surface area contributed by atoms with Gasteiger partial charge in [0.05, 0.1) is 24.5 Å². The number of amides is 2. The Labute approximate surface area is 218 Å². The van der Waals surface area contributed by atoms with E-state index in [4.69, 9.17) is 0 Å². The topological polar surface area (TPSA) is 141 Å². The number of nitrogens with one attached hydrogen (secondary N) is 1. The maximum atomic E-state index is 13.8. The van der Waals surface area contributed by atoms with Crippen molar-refractivity contribution in [2.75, 3.05) is 5.32 Å². The van der Waals surface area contributed by atoms with Crippen LogP contribution >= 0.6 is 0 Å². The van der Waals surface area contributed by atoms with Crippen LogP contribution in [0.2, 0.25) is 0 Å². The third kappa shape index (κ3) is 4.01. The highest BCUT2D eigenvalue weighted by Crippen LogP contribution is 2.60. The van der Waals surface area contributed by atoms with Crippen LogP contribution in [0.1, 0.15) is 41.5 Å². The van der Waals surface area contributed by atoms with Crippen molar-refractivity contribution in [3.05, 3.63) is 59.9 Å². The number of piperidine rings is 1. The van der Waals surface area contributed by atoms with Crippen LogP contribution < -0.4 is 5.32 Å². The minimum absolute atomic E-state index is 0.114. The van der Waals surface area contributed by atoms with E-state index in [2.05, 4.69) is 30.7 Å². The van der Waals surface area contributed by atoms with Gasteiger partial charge in [-0.05, 0) is 44.4 Å². The highest BCUT2D eigenvalue weighted by Gasteiger charge is 2.67. The number of rotatable bonds is 7. The molecule has 2 aliphatic rings. The highest BCUT2D eigenvalue weighted by atomic mass is 16.2. The minimum atomic E-state index is -0.682. The van der Waals surface area contributed by atoms with E-state index in [9.17, 15) is 14.4 Å². The Morgan fingerprint density at radius 3 is 2.74 bits per heavy atom. The molecule has 1 saturated carbocycles. The average molecular weight is 514 g/mol. The standard InChI is InChI=1S/C26H27N9O3/c1-15-4-5-16(2)29-24(15)30-25(38)19-10-26(14-33-9-8-28-32-33)11-21(26)35(19)22(37)13-34-20-12-27-7-6-18(20)23(31-34)17(3)36/h4-9,12,19,21H,10-11,13-14H2,1-3H3,(H,29,30,38)/t19-,21+,26-/m0/s1. The average Bonchev–Trinajstić information content (AvgIpc) is 3.24. The lowest BCUT2D eigenvalue weighted by molar-refractivity contribution is -0.138. The Morgan fingerprint density at radius 1 is 1.13 bits per heavy atom. The van der Waals surface area contributed by atoms with Crippen LogP contribution in [-0.4, -0.2) is 69.3 Å². The second-order valence-electron chi connectivity index (χ2n) is 10.3. The summed E-state index contributed by atoms with van der Waals surface area (Å²) in [6.45, 7) is 5.64. The van der Waals surface area contributed by atoms with Crippen LogP contribution in [0.25, 0.3) is 10.9 Å². The molecule has 12 nitrogen and oxygen atoms in total. The number of likely N-dealkylation sites (tertiary alicyclic amines) is 1. The van der Waals surface area contributed by atoms with E-state index >= 15 is 0 Å². The molecule has 38 heavy (non-hydrogen) atoms. The molecule has 1 N–H and O–H groups in total. The summed E-state index contributed by atoms with van der Waals surface area (Å²) in [6.07, 6.45) is 7.86. The predicted octanol–water partition coefficient (Wildman–Crippen LogP) is 1.94. The molecule has 4 aromatic rings. The molecule has 194 valence electrons. The number of hydrogen-bond donors (Lipinski definition) is 1. The summed E-state index contributed by atoms with van der Waals surface area (Å²) in [4.78, 5) is 49.9. The van der Waals surface area contributed by atoms with Crippen LogP contribution in [0.3, 0.4) is 0 Å². The van der Waals surface area contributed by atoms with Crippen molar-refractivity contribution < 1.29 is 14.4 Å². The first-order valence-corrected chi connectivity index (χ1v) is 12.5. The van der Waals surface area contributed by atoms with Crippen molar-refractivity contribution in [1.29, 1.82) is 0 Å². The molecule has 1 aliphatic heterocycles. The SMILES string of the molecule is CC(=O)c1nn(CC(=O)N2[C@H](C(=O)Nc3nc(C)ccc3C)C[C@@]3(Cn4ccnn4)C[C@@H]23)c2cnccc12. The van der Waals surface area contributed by atoms with Gasteiger partial charge >= 0.3 is 0 Å². The van der Waals surface area contributed by atoms with Crippen LogP contribution in [-0.2, 0) is 22.7 Å². The number of Topliss-reactive ketones (excluding diaryl/α,β-unsaturated/α-hetero) is 1. The first-order valence-electron chi connectivity index (χ1n) is 12.5. The van der Waals surface area contributed by atoms with E-state index in [-0.39, 0.29) is 35.6 Å². The van der Waals surface area contributed by atoms with E-state index in [0.717, 1.165) is 17.7 Å². The van der Waals surface area contributed by atoms with Crippen LogP contribution in [0.5, 0.6) is 0 Å². The molecule has 2 fully saturated rings. The second kappa shape index (κ2) is 8.82. The Kier molecular flexibility index (Phi) is 5.55. The maximum absolute atomic E-state index is 13.8. The number of aryl methyl sites for hydroxylation is 2. The van der Waals surface area contributed by atoms with E-state index in [1.807, 2.05) is 26.0 Å². The zero-order chi connectivity index (χ0) is 26.6. The molecular weight excluding hydrogens is 486 g/mol. The lowest BCUT2D eigenvalue weighted by Gasteiger charge is -2.27. The zero-order valence-corrected chi connectivity index (χ0v) is 21.3. The van der Waals surface area contributed by atoms with Crippen LogP contribution in [0.15, 0.2) is 43.0 Å². The van der Waals surface area contributed by atoms with Gasteiger partial charge in [-0.3, -0.25) is 28.7 Å². The van der Waals surface area contributed by atoms with Gasteiger partial charge in [-0.2, -0.15) is 5.10 Å². The number of anilines is 1. The zero-order valence-electron chi connectivity index (χ0n) is 21.3. The number of nitrogens with zero attached hydrogens (tertiary/aromatic N) is 8. The molecule has 0 bridgehead atoms. The second-order valence-corrected chi connectivity index (χ2v) is 10.3. The molecule has 1 saturated heterocycles. The first-order chi connectivity index (χ1) is 18.3. The van der Waals surface area contributed by atoms with Gasteiger partial charge in [0.25, 0.3) is 0 Å². The monoisotopic (exact) mass is 513 g/mol. The molecule has 1 aliphatic carbocycles. The quantitative estimate of drug-likeness (QED) is 0.370. The number of fused-ring (bicyclic) bond motifs is 2. The van der Waals surface area contributed by atoms with Gasteiger partial charge in [0, 0.05) is 41.9 Å². The van der Waals surface area contributed by atoms with Gasteiger partial charge in [0.1, 0.15) is 24.1 Å². The van der Waals surface area contributed by atoms with E-state index < -0.39 is 6.04 Å². The summed E-state index contributed by atoms with van der Waals surface area (Å²) in [5.74, 6) is -0.226. The smallest absolute Gasteiger partial charge is 0.248 e. The molecule has 5 heterocycles. The molecule has 0 aromatic carbocycles. The summed E-state index contributed by atoms with van der Waals surface area (Å²) in [7, 11) is 0. The minimum Gasteiger partial charge on any atom is -0.325 e. The Morgan fingerprint density at radius 2 is 1.97 bits per heavy atom. The van der Waals surface area contributed by atoms with Gasteiger partial charge in [0.15, 0.2) is 5.78 Å². The summed E-state index contributed by atoms with van der Waals surface area (Å²) in [5, 5.41) is 16.0. The first kappa shape index (κ1) is 23.9. The van der Waals surface area contributed by atoms with Gasteiger partial charge in [-0.1, -0.05) is 11.3 Å². The Hall–Kier alpha value is -4.48. The fraction of sp³-hybridized carbons (Fsp3) is 0.385. The number of aromatic nitrogens is 7. The van der Waals surface area contributed by atoms with Gasteiger partial charge in [0.2, 0.25) is 11.8 Å².